The van der Waals surface area contributed by atoms with Crippen LogP contribution in [0, 0.1) is 0 Å². The van der Waals surface area contributed by atoms with E-state index in [0.717, 1.165) is 6.42 Å². The molecule has 0 bridgehead atoms. The highest BCUT2D eigenvalue weighted by Gasteiger charge is 2.11. The van der Waals surface area contributed by atoms with Crippen molar-refractivity contribution in [2.24, 2.45) is 0 Å². The van der Waals surface area contributed by atoms with Crippen molar-refractivity contribution in [2.75, 3.05) is 20.2 Å². The van der Waals surface area contributed by atoms with Gasteiger partial charge in [0, 0.05) is 13.6 Å². The van der Waals surface area contributed by atoms with Crippen molar-refractivity contribution in [3.05, 3.63) is 29.8 Å². The highest BCUT2D eigenvalue weighted by Crippen LogP contribution is 2.13. The smallest absolute Gasteiger partial charge is 0.260 e. The number of ether oxygens (including phenoxy) is 1. The summed E-state index contributed by atoms with van der Waals surface area (Å²) in [5.41, 5.74) is 1.18. The molecule has 4 heteroatoms. The van der Waals surface area contributed by atoms with Gasteiger partial charge in [-0.3, -0.25) is 4.79 Å². The molecule has 0 heterocycles. The number of carbonyl (C=O) groups is 1. The molecule has 1 unspecified atom stereocenters. The summed E-state index contributed by atoms with van der Waals surface area (Å²) < 4.78 is 5.44. The van der Waals surface area contributed by atoms with Gasteiger partial charge in [-0.05, 0) is 31.0 Å². The monoisotopic (exact) mass is 251 g/mol. The molecule has 0 saturated heterocycles. The van der Waals surface area contributed by atoms with Crippen LogP contribution in [-0.4, -0.2) is 42.2 Å². The second kappa shape index (κ2) is 7.01. The van der Waals surface area contributed by atoms with Gasteiger partial charge in [0.2, 0.25) is 0 Å². The van der Waals surface area contributed by atoms with Crippen molar-refractivity contribution in [2.45, 2.75) is 26.4 Å². The molecule has 1 amide bonds. The lowest BCUT2D eigenvalue weighted by Crippen LogP contribution is -2.36. The van der Waals surface area contributed by atoms with Crippen LogP contribution < -0.4 is 4.74 Å². The number of aryl methyl sites for hydroxylation is 1. The first kappa shape index (κ1) is 14.5. The molecule has 18 heavy (non-hydrogen) atoms. The average molecular weight is 251 g/mol. The zero-order chi connectivity index (χ0) is 13.5. The molecule has 100 valence electrons. The van der Waals surface area contributed by atoms with Crippen LogP contribution >= 0.6 is 0 Å². The molecule has 4 nitrogen and oxygen atoms in total. The van der Waals surface area contributed by atoms with Crippen molar-refractivity contribution in [3.63, 3.8) is 0 Å². The summed E-state index contributed by atoms with van der Waals surface area (Å²) in [5, 5.41) is 9.19. The number of carbonyl (C=O) groups excluding carboxylic acids is 1. The Morgan fingerprint density at radius 3 is 2.83 bits per heavy atom. The van der Waals surface area contributed by atoms with Crippen LogP contribution in [0.2, 0.25) is 0 Å². The number of hydrogen-bond donors (Lipinski definition) is 1. The van der Waals surface area contributed by atoms with Crippen molar-refractivity contribution in [1.82, 2.24) is 4.90 Å². The number of aliphatic hydroxyl groups excluding tert-OH is 1. The first-order valence-corrected chi connectivity index (χ1v) is 6.16. The van der Waals surface area contributed by atoms with Crippen LogP contribution in [0.15, 0.2) is 24.3 Å². The Labute approximate surface area is 108 Å². The molecule has 1 aromatic carbocycles. The number of rotatable bonds is 6. The van der Waals surface area contributed by atoms with E-state index in [-0.39, 0.29) is 12.5 Å². The van der Waals surface area contributed by atoms with Crippen LogP contribution in [0.1, 0.15) is 19.4 Å². The van der Waals surface area contributed by atoms with Gasteiger partial charge in [-0.1, -0.05) is 19.1 Å². The molecule has 0 aliphatic rings. The van der Waals surface area contributed by atoms with E-state index in [4.69, 9.17) is 4.74 Å². The minimum atomic E-state index is -0.526. The number of aliphatic hydroxyl groups is 1. The largest absolute Gasteiger partial charge is 0.484 e. The summed E-state index contributed by atoms with van der Waals surface area (Å²) in [6, 6.07) is 7.70. The minimum Gasteiger partial charge on any atom is -0.484 e. The quantitative estimate of drug-likeness (QED) is 0.833. The Balaban J connectivity index is 2.46. The molecule has 0 saturated carbocycles. The highest BCUT2D eigenvalue weighted by atomic mass is 16.5. The number of nitrogens with zero attached hydrogens (tertiary/aromatic N) is 1. The fraction of sp³-hybridized carbons (Fsp3) is 0.500. The molecule has 0 aliphatic heterocycles. The normalized spacial score (nSPS) is 12.0. The van der Waals surface area contributed by atoms with Crippen LogP contribution in [-0.2, 0) is 11.2 Å². The van der Waals surface area contributed by atoms with Crippen molar-refractivity contribution in [3.8, 4) is 5.75 Å². The maximum absolute atomic E-state index is 11.7. The van der Waals surface area contributed by atoms with Gasteiger partial charge in [0.05, 0.1) is 6.10 Å². The molecule has 1 rings (SSSR count). The summed E-state index contributed by atoms with van der Waals surface area (Å²) in [4.78, 5) is 13.2. The maximum atomic E-state index is 11.7. The first-order valence-electron chi connectivity index (χ1n) is 6.16. The fourth-order valence-electron chi connectivity index (χ4n) is 1.61. The second-order valence-electron chi connectivity index (χ2n) is 4.41. The van der Waals surface area contributed by atoms with E-state index in [2.05, 4.69) is 6.92 Å². The van der Waals surface area contributed by atoms with Crippen molar-refractivity contribution < 1.29 is 14.6 Å². The molecule has 0 aliphatic carbocycles. The molecular formula is C14H21NO3. The van der Waals surface area contributed by atoms with Gasteiger partial charge < -0.3 is 14.7 Å². The molecule has 1 atom stereocenters. The van der Waals surface area contributed by atoms with E-state index in [1.165, 1.54) is 10.5 Å². The Kier molecular flexibility index (Phi) is 5.65. The predicted molar refractivity (Wildman–Crippen MR) is 70.6 cm³/mol. The third-order valence-corrected chi connectivity index (χ3v) is 2.63. The second-order valence-corrected chi connectivity index (χ2v) is 4.41. The van der Waals surface area contributed by atoms with Gasteiger partial charge >= 0.3 is 0 Å². The average Bonchev–Trinajstić information content (AvgIpc) is 2.35. The van der Waals surface area contributed by atoms with E-state index in [1.54, 1.807) is 14.0 Å². The summed E-state index contributed by atoms with van der Waals surface area (Å²) in [6.07, 6.45) is 0.412. The van der Waals surface area contributed by atoms with Gasteiger partial charge in [0.15, 0.2) is 6.61 Å². The van der Waals surface area contributed by atoms with Gasteiger partial charge in [0.1, 0.15) is 5.75 Å². The number of hydrogen-bond acceptors (Lipinski definition) is 3. The van der Waals surface area contributed by atoms with Crippen molar-refractivity contribution in [1.29, 1.82) is 0 Å². The van der Waals surface area contributed by atoms with Gasteiger partial charge in [-0.25, -0.2) is 0 Å². The standard InChI is InChI=1S/C14H21NO3/c1-4-12-6-5-7-13(8-12)18-10-14(17)15(3)9-11(2)16/h5-8,11,16H,4,9-10H2,1-3H3. The summed E-state index contributed by atoms with van der Waals surface area (Å²) in [6.45, 7) is 4.03. The van der Waals surface area contributed by atoms with Crippen LogP contribution in [0.25, 0.3) is 0 Å². The lowest BCUT2D eigenvalue weighted by Gasteiger charge is -2.18. The Hall–Kier alpha value is -1.55. The lowest BCUT2D eigenvalue weighted by atomic mass is 10.2. The van der Waals surface area contributed by atoms with E-state index in [1.807, 2.05) is 24.3 Å². The van der Waals surface area contributed by atoms with E-state index in [9.17, 15) is 9.90 Å². The summed E-state index contributed by atoms with van der Waals surface area (Å²) in [7, 11) is 1.65. The molecule has 0 aromatic heterocycles. The number of likely N-dealkylation sites (N-methyl/N-ethyl adjacent to an activating group) is 1. The zero-order valence-electron chi connectivity index (χ0n) is 11.2. The molecule has 1 N–H and O–H groups in total. The third-order valence-electron chi connectivity index (χ3n) is 2.63. The maximum Gasteiger partial charge on any atom is 0.260 e. The number of benzene rings is 1. The van der Waals surface area contributed by atoms with Crippen LogP contribution in [0.3, 0.4) is 0 Å². The van der Waals surface area contributed by atoms with Crippen LogP contribution in [0.5, 0.6) is 5.75 Å². The van der Waals surface area contributed by atoms with Gasteiger partial charge in [0.25, 0.3) is 5.91 Å². The summed E-state index contributed by atoms with van der Waals surface area (Å²) in [5.74, 6) is 0.561. The Morgan fingerprint density at radius 2 is 2.22 bits per heavy atom. The topological polar surface area (TPSA) is 49.8 Å². The molecule has 1 aromatic rings. The van der Waals surface area contributed by atoms with E-state index >= 15 is 0 Å². The highest BCUT2D eigenvalue weighted by molar-refractivity contribution is 5.77. The van der Waals surface area contributed by atoms with Crippen LogP contribution in [0.4, 0.5) is 0 Å². The SMILES string of the molecule is CCc1cccc(OCC(=O)N(C)CC(C)O)c1. The third kappa shape index (κ3) is 4.75. The fourth-order valence-corrected chi connectivity index (χ4v) is 1.61. The number of amides is 1. The zero-order valence-corrected chi connectivity index (χ0v) is 11.2. The van der Waals surface area contributed by atoms with E-state index in [0.29, 0.717) is 12.3 Å². The predicted octanol–water partition coefficient (Wildman–Crippen LogP) is 1.47. The minimum absolute atomic E-state index is 0.00358. The Morgan fingerprint density at radius 1 is 1.50 bits per heavy atom. The summed E-state index contributed by atoms with van der Waals surface area (Å²) >= 11 is 0. The molecule has 0 spiro atoms. The van der Waals surface area contributed by atoms with Crippen molar-refractivity contribution >= 4 is 5.91 Å². The molecular weight excluding hydrogens is 230 g/mol. The lowest BCUT2D eigenvalue weighted by molar-refractivity contribution is -0.133. The van der Waals surface area contributed by atoms with Gasteiger partial charge in [-0.2, -0.15) is 0 Å². The van der Waals surface area contributed by atoms with Gasteiger partial charge in [-0.15, -0.1) is 0 Å². The Bertz CT molecular complexity index is 390. The molecule has 0 radical (unpaired) electrons. The first-order chi connectivity index (χ1) is 8.52. The van der Waals surface area contributed by atoms with E-state index < -0.39 is 6.10 Å². The molecule has 0 fully saturated rings.